The van der Waals surface area contributed by atoms with Gasteiger partial charge in [0.05, 0.1) is 19.8 Å². The molecule has 0 aliphatic carbocycles. The summed E-state index contributed by atoms with van der Waals surface area (Å²) in [7, 11) is 0. The summed E-state index contributed by atoms with van der Waals surface area (Å²) in [6.07, 6.45) is 5.61. The van der Waals surface area contributed by atoms with Crippen LogP contribution in [0.4, 0.5) is 10.5 Å². The fourth-order valence-corrected chi connectivity index (χ4v) is 2.81. The van der Waals surface area contributed by atoms with Crippen LogP contribution in [0.1, 0.15) is 39.0 Å². The number of ether oxygens (including phenoxy) is 3. The summed E-state index contributed by atoms with van der Waals surface area (Å²) in [5, 5.41) is 2.75. The summed E-state index contributed by atoms with van der Waals surface area (Å²) < 4.78 is 16.3. The highest BCUT2D eigenvalue weighted by Gasteiger charge is 2.11. The Bertz CT molecular complexity index is 524. The number of morpholine rings is 1. The van der Waals surface area contributed by atoms with E-state index < -0.39 is 6.09 Å². The van der Waals surface area contributed by atoms with Gasteiger partial charge < -0.3 is 14.2 Å². The Morgan fingerprint density at radius 3 is 2.70 bits per heavy atom. The molecule has 7 heteroatoms. The van der Waals surface area contributed by atoms with Gasteiger partial charge in [-0.25, -0.2) is 4.79 Å². The summed E-state index contributed by atoms with van der Waals surface area (Å²) in [6.45, 7) is 7.30. The molecule has 1 N–H and O–H groups in total. The van der Waals surface area contributed by atoms with Crippen LogP contribution in [0.2, 0.25) is 0 Å². The molecule has 27 heavy (non-hydrogen) atoms. The number of benzene rings is 1. The predicted octanol–water partition coefficient (Wildman–Crippen LogP) is 4.34. The van der Waals surface area contributed by atoms with E-state index in [1.165, 1.54) is 25.7 Å². The van der Waals surface area contributed by atoms with Crippen LogP contribution in [0.15, 0.2) is 24.3 Å². The van der Waals surface area contributed by atoms with Crippen LogP contribution in [0.25, 0.3) is 0 Å². The first-order chi connectivity index (χ1) is 12.8. The maximum Gasteiger partial charge on any atom is 0.411 e. The zero-order valence-corrected chi connectivity index (χ0v) is 17.1. The van der Waals surface area contributed by atoms with Gasteiger partial charge in [0.25, 0.3) is 0 Å². The zero-order valence-electron chi connectivity index (χ0n) is 16.3. The number of hydrogen-bond donors (Lipinski definition) is 1. The van der Waals surface area contributed by atoms with E-state index >= 15 is 0 Å². The normalized spacial score (nSPS) is 14.3. The number of carbonyl (C=O) groups is 1. The standard InChI is InChI=1S/C20H32N2O4.ClH/c1-2-3-4-5-6-13-25-19-9-7-8-18(17-19)21-20(23)26-16-12-22-10-14-24-15-11-22;/h7-9,17H,2-6,10-16H2,1H3,(H,21,23);1H. The topological polar surface area (TPSA) is 60.0 Å². The second-order valence-electron chi connectivity index (χ2n) is 6.51. The van der Waals surface area contributed by atoms with Gasteiger partial charge in [-0.3, -0.25) is 10.2 Å². The van der Waals surface area contributed by atoms with E-state index in [0.717, 1.165) is 45.0 Å². The van der Waals surface area contributed by atoms with E-state index in [4.69, 9.17) is 14.2 Å². The average Bonchev–Trinajstić information content (AvgIpc) is 2.66. The molecular weight excluding hydrogens is 368 g/mol. The van der Waals surface area contributed by atoms with Crippen molar-refractivity contribution < 1.29 is 19.0 Å². The maximum absolute atomic E-state index is 11.9. The zero-order chi connectivity index (χ0) is 18.5. The van der Waals surface area contributed by atoms with Crippen LogP contribution in [0, 0.1) is 0 Å². The molecule has 1 amide bonds. The number of rotatable bonds is 11. The van der Waals surface area contributed by atoms with Gasteiger partial charge in [-0.05, 0) is 18.6 Å². The van der Waals surface area contributed by atoms with Crippen LogP contribution in [0.5, 0.6) is 5.75 Å². The summed E-state index contributed by atoms with van der Waals surface area (Å²) in [6, 6.07) is 7.43. The van der Waals surface area contributed by atoms with Gasteiger partial charge in [-0.15, -0.1) is 12.4 Å². The van der Waals surface area contributed by atoms with Crippen molar-refractivity contribution in [2.45, 2.75) is 39.0 Å². The first-order valence-electron chi connectivity index (χ1n) is 9.74. The van der Waals surface area contributed by atoms with Crippen molar-refractivity contribution in [2.24, 2.45) is 0 Å². The molecule has 1 heterocycles. The summed E-state index contributed by atoms with van der Waals surface area (Å²) in [4.78, 5) is 14.1. The monoisotopic (exact) mass is 400 g/mol. The van der Waals surface area contributed by atoms with Crippen molar-refractivity contribution in [3.63, 3.8) is 0 Å². The predicted molar refractivity (Wildman–Crippen MR) is 110 cm³/mol. The third-order valence-corrected chi connectivity index (χ3v) is 4.34. The Balaban J connectivity index is 0.00000364. The van der Waals surface area contributed by atoms with Crippen molar-refractivity contribution >= 4 is 24.2 Å². The van der Waals surface area contributed by atoms with Crippen molar-refractivity contribution in [2.75, 3.05) is 51.4 Å². The molecule has 0 saturated carbocycles. The average molecular weight is 401 g/mol. The fraction of sp³-hybridized carbons (Fsp3) is 0.650. The van der Waals surface area contributed by atoms with Crippen molar-refractivity contribution in [1.29, 1.82) is 0 Å². The highest BCUT2D eigenvalue weighted by molar-refractivity contribution is 5.85. The minimum atomic E-state index is -0.435. The molecule has 2 rings (SSSR count). The van der Waals surface area contributed by atoms with Gasteiger partial charge in [0.2, 0.25) is 0 Å². The van der Waals surface area contributed by atoms with Gasteiger partial charge in [-0.1, -0.05) is 38.7 Å². The molecule has 154 valence electrons. The Morgan fingerprint density at radius 2 is 1.93 bits per heavy atom. The largest absolute Gasteiger partial charge is 0.494 e. The Morgan fingerprint density at radius 1 is 1.15 bits per heavy atom. The van der Waals surface area contributed by atoms with Crippen LogP contribution in [-0.4, -0.2) is 57.1 Å². The molecule has 1 fully saturated rings. The number of carbonyl (C=O) groups excluding carboxylic acids is 1. The number of hydrogen-bond acceptors (Lipinski definition) is 5. The van der Waals surface area contributed by atoms with Gasteiger partial charge in [-0.2, -0.15) is 0 Å². The highest BCUT2D eigenvalue weighted by Crippen LogP contribution is 2.18. The third-order valence-electron chi connectivity index (χ3n) is 4.34. The number of unbranched alkanes of at least 4 members (excludes halogenated alkanes) is 4. The lowest BCUT2D eigenvalue weighted by Gasteiger charge is -2.26. The Hall–Kier alpha value is -1.50. The molecule has 0 bridgehead atoms. The molecule has 0 atom stereocenters. The van der Waals surface area contributed by atoms with Crippen LogP contribution >= 0.6 is 12.4 Å². The molecule has 1 aliphatic heterocycles. The molecule has 0 aromatic heterocycles. The van der Waals surface area contributed by atoms with E-state index in [2.05, 4.69) is 17.1 Å². The molecule has 0 spiro atoms. The summed E-state index contributed by atoms with van der Waals surface area (Å²) >= 11 is 0. The van der Waals surface area contributed by atoms with Gasteiger partial charge in [0, 0.05) is 31.4 Å². The second kappa shape index (κ2) is 14.5. The first-order valence-corrected chi connectivity index (χ1v) is 9.74. The van der Waals surface area contributed by atoms with Crippen molar-refractivity contribution in [3.05, 3.63) is 24.3 Å². The van der Waals surface area contributed by atoms with Gasteiger partial charge >= 0.3 is 6.09 Å². The third kappa shape index (κ3) is 10.4. The lowest BCUT2D eigenvalue weighted by atomic mass is 10.2. The minimum Gasteiger partial charge on any atom is -0.494 e. The minimum absolute atomic E-state index is 0. The van der Waals surface area contributed by atoms with Gasteiger partial charge in [0.15, 0.2) is 0 Å². The van der Waals surface area contributed by atoms with E-state index in [1.54, 1.807) is 0 Å². The number of halogens is 1. The van der Waals surface area contributed by atoms with Crippen LogP contribution < -0.4 is 10.1 Å². The molecule has 1 saturated heterocycles. The smallest absolute Gasteiger partial charge is 0.411 e. The van der Waals surface area contributed by atoms with E-state index in [9.17, 15) is 4.79 Å². The number of anilines is 1. The summed E-state index contributed by atoms with van der Waals surface area (Å²) in [5.41, 5.74) is 0.685. The number of amides is 1. The molecule has 6 nitrogen and oxygen atoms in total. The van der Waals surface area contributed by atoms with E-state index in [-0.39, 0.29) is 12.4 Å². The van der Waals surface area contributed by atoms with Crippen molar-refractivity contribution in [3.8, 4) is 5.75 Å². The first kappa shape index (κ1) is 23.5. The lowest BCUT2D eigenvalue weighted by Crippen LogP contribution is -2.38. The van der Waals surface area contributed by atoms with Gasteiger partial charge in [0.1, 0.15) is 12.4 Å². The molecule has 1 aliphatic rings. The fourth-order valence-electron chi connectivity index (χ4n) is 2.81. The van der Waals surface area contributed by atoms with Crippen LogP contribution in [-0.2, 0) is 9.47 Å². The molecule has 0 radical (unpaired) electrons. The lowest BCUT2D eigenvalue weighted by molar-refractivity contribution is 0.0290. The van der Waals surface area contributed by atoms with E-state index in [1.807, 2.05) is 24.3 Å². The number of nitrogens with zero attached hydrogens (tertiary/aromatic N) is 1. The molecule has 1 aromatic rings. The molecule has 1 aromatic carbocycles. The Kier molecular flexibility index (Phi) is 12.7. The summed E-state index contributed by atoms with van der Waals surface area (Å²) in [5.74, 6) is 0.770. The second-order valence-corrected chi connectivity index (χ2v) is 6.51. The highest BCUT2D eigenvalue weighted by atomic mass is 35.5. The molecule has 0 unspecified atom stereocenters. The Labute approximate surface area is 168 Å². The molecular formula is C20H33ClN2O4. The van der Waals surface area contributed by atoms with Crippen LogP contribution in [0.3, 0.4) is 0 Å². The van der Waals surface area contributed by atoms with Crippen molar-refractivity contribution in [1.82, 2.24) is 4.90 Å². The SMILES string of the molecule is CCCCCCCOc1cccc(NC(=O)OCCN2CCOCC2)c1.Cl. The maximum atomic E-state index is 11.9. The number of nitrogens with one attached hydrogen (secondary N) is 1. The van der Waals surface area contributed by atoms with E-state index in [0.29, 0.717) is 18.9 Å². The quantitative estimate of drug-likeness (QED) is 0.560.